The second-order valence-corrected chi connectivity index (χ2v) is 8.90. The van der Waals surface area contributed by atoms with E-state index in [9.17, 15) is 13.2 Å². The van der Waals surface area contributed by atoms with Gasteiger partial charge in [-0.25, -0.2) is 8.42 Å². The molecule has 2 aromatic rings. The van der Waals surface area contributed by atoms with Crippen LogP contribution in [0.1, 0.15) is 31.4 Å². The fourth-order valence-corrected chi connectivity index (χ4v) is 5.02. The van der Waals surface area contributed by atoms with Crippen molar-refractivity contribution in [1.29, 1.82) is 0 Å². The Labute approximate surface area is 166 Å². The fourth-order valence-electron chi connectivity index (χ4n) is 3.53. The number of hydrogen-bond acceptors (Lipinski definition) is 4. The van der Waals surface area contributed by atoms with E-state index in [1.807, 2.05) is 31.2 Å². The van der Waals surface area contributed by atoms with Gasteiger partial charge in [-0.2, -0.15) is 4.31 Å². The first-order chi connectivity index (χ1) is 13.4. The summed E-state index contributed by atoms with van der Waals surface area (Å²) in [6.45, 7) is 2.61. The van der Waals surface area contributed by atoms with Crippen molar-refractivity contribution >= 4 is 15.9 Å². The quantitative estimate of drug-likeness (QED) is 0.806. The number of benzene rings is 2. The Morgan fingerprint density at radius 3 is 2.32 bits per heavy atom. The molecule has 7 heteroatoms. The number of hydrogen-bond donors (Lipinski definition) is 1. The monoisotopic (exact) mass is 402 g/mol. The molecule has 6 nitrogen and oxygen atoms in total. The van der Waals surface area contributed by atoms with Crippen molar-refractivity contribution in [2.45, 2.75) is 30.7 Å². The van der Waals surface area contributed by atoms with E-state index in [-0.39, 0.29) is 17.9 Å². The molecule has 1 amide bonds. The summed E-state index contributed by atoms with van der Waals surface area (Å²) in [7, 11) is -1.89. The van der Waals surface area contributed by atoms with Gasteiger partial charge in [-0.3, -0.25) is 4.79 Å². The molecule has 0 aliphatic carbocycles. The second kappa shape index (κ2) is 8.75. The maximum atomic E-state index is 12.7. The molecule has 0 bridgehead atoms. The topological polar surface area (TPSA) is 75.7 Å². The minimum atomic E-state index is -3.50. The highest BCUT2D eigenvalue weighted by atomic mass is 32.2. The lowest BCUT2D eigenvalue weighted by Gasteiger charge is -2.31. The van der Waals surface area contributed by atoms with Crippen LogP contribution in [0.3, 0.4) is 0 Å². The molecule has 1 N–H and O–H groups in total. The van der Waals surface area contributed by atoms with Gasteiger partial charge < -0.3 is 10.1 Å². The molecule has 150 valence electrons. The van der Waals surface area contributed by atoms with Crippen LogP contribution in [-0.4, -0.2) is 38.8 Å². The van der Waals surface area contributed by atoms with E-state index < -0.39 is 10.0 Å². The lowest BCUT2D eigenvalue weighted by atomic mass is 9.96. The fraction of sp³-hybridized carbons (Fsp3) is 0.381. The molecular formula is C21H26N2O4S. The average molecular weight is 403 g/mol. The van der Waals surface area contributed by atoms with Crippen LogP contribution in [0.25, 0.3) is 0 Å². The number of amides is 1. The zero-order valence-electron chi connectivity index (χ0n) is 16.2. The third kappa shape index (κ3) is 4.36. The minimum Gasteiger partial charge on any atom is -0.496 e. The summed E-state index contributed by atoms with van der Waals surface area (Å²) in [4.78, 5) is 13.0. The van der Waals surface area contributed by atoms with Crippen molar-refractivity contribution in [2.75, 3.05) is 20.2 Å². The van der Waals surface area contributed by atoms with Gasteiger partial charge in [-0.15, -0.1) is 0 Å². The maximum absolute atomic E-state index is 12.7. The van der Waals surface area contributed by atoms with E-state index >= 15 is 0 Å². The second-order valence-electron chi connectivity index (χ2n) is 6.96. The lowest BCUT2D eigenvalue weighted by Crippen LogP contribution is -2.43. The van der Waals surface area contributed by atoms with Crippen LogP contribution < -0.4 is 10.1 Å². The predicted molar refractivity (Wildman–Crippen MR) is 107 cm³/mol. The van der Waals surface area contributed by atoms with E-state index in [0.717, 1.165) is 11.3 Å². The van der Waals surface area contributed by atoms with Gasteiger partial charge in [-0.05, 0) is 38.0 Å². The first-order valence-electron chi connectivity index (χ1n) is 9.42. The SMILES string of the molecule is COc1ccccc1C(C)NC(=O)C1CCN(S(=O)(=O)c2ccccc2)CC1. The molecule has 0 saturated carbocycles. The van der Waals surface area contributed by atoms with Crippen LogP contribution in [0.15, 0.2) is 59.5 Å². The first kappa shape index (κ1) is 20.4. The highest BCUT2D eigenvalue weighted by molar-refractivity contribution is 7.89. The Balaban J connectivity index is 1.59. The van der Waals surface area contributed by atoms with Crippen molar-refractivity contribution in [3.63, 3.8) is 0 Å². The third-order valence-electron chi connectivity index (χ3n) is 5.17. The zero-order valence-corrected chi connectivity index (χ0v) is 17.0. The molecule has 1 fully saturated rings. The molecule has 0 radical (unpaired) electrons. The van der Waals surface area contributed by atoms with Gasteiger partial charge in [0.25, 0.3) is 0 Å². The summed E-state index contributed by atoms with van der Waals surface area (Å²) in [5, 5.41) is 3.04. The van der Waals surface area contributed by atoms with Crippen LogP contribution in [0.2, 0.25) is 0 Å². The highest BCUT2D eigenvalue weighted by Gasteiger charge is 2.32. The number of carbonyl (C=O) groups excluding carboxylic acids is 1. The normalized spacial score (nSPS) is 17.1. The molecular weight excluding hydrogens is 376 g/mol. The number of nitrogens with zero attached hydrogens (tertiary/aromatic N) is 1. The van der Waals surface area contributed by atoms with E-state index in [4.69, 9.17) is 4.74 Å². The Morgan fingerprint density at radius 1 is 1.07 bits per heavy atom. The molecule has 1 unspecified atom stereocenters. The number of nitrogens with one attached hydrogen (secondary N) is 1. The molecule has 0 aromatic heterocycles. The van der Waals surface area contributed by atoms with Crippen LogP contribution in [0.4, 0.5) is 0 Å². The predicted octanol–water partition coefficient (Wildman–Crippen LogP) is 2.97. The van der Waals surface area contributed by atoms with E-state index in [1.165, 1.54) is 4.31 Å². The summed E-state index contributed by atoms with van der Waals surface area (Å²) in [6, 6.07) is 15.8. The summed E-state index contributed by atoms with van der Waals surface area (Å²) in [6.07, 6.45) is 1.02. The summed E-state index contributed by atoms with van der Waals surface area (Å²) < 4.78 is 32.2. The molecule has 0 spiro atoms. The standard InChI is InChI=1S/C21H26N2O4S/c1-16(19-10-6-7-11-20(19)27-2)22-21(24)17-12-14-23(15-13-17)28(25,26)18-8-4-3-5-9-18/h3-11,16-17H,12-15H2,1-2H3,(H,22,24). The lowest BCUT2D eigenvalue weighted by molar-refractivity contribution is -0.126. The summed E-state index contributed by atoms with van der Waals surface area (Å²) in [5.41, 5.74) is 0.919. The summed E-state index contributed by atoms with van der Waals surface area (Å²) in [5.74, 6) is 0.494. The number of piperidine rings is 1. The Bertz CT molecular complexity index is 907. The maximum Gasteiger partial charge on any atom is 0.243 e. The number of rotatable bonds is 6. The van der Waals surface area contributed by atoms with Crippen molar-refractivity contribution in [2.24, 2.45) is 5.92 Å². The molecule has 1 heterocycles. The van der Waals surface area contributed by atoms with Crippen LogP contribution in [0.5, 0.6) is 5.75 Å². The van der Waals surface area contributed by atoms with Crippen molar-refractivity contribution in [1.82, 2.24) is 9.62 Å². The van der Waals surface area contributed by atoms with E-state index in [0.29, 0.717) is 30.8 Å². The highest BCUT2D eigenvalue weighted by Crippen LogP contribution is 2.27. The van der Waals surface area contributed by atoms with Gasteiger partial charge >= 0.3 is 0 Å². The largest absolute Gasteiger partial charge is 0.496 e. The van der Waals surface area contributed by atoms with Crippen LogP contribution in [0, 0.1) is 5.92 Å². The zero-order chi connectivity index (χ0) is 20.1. The van der Waals surface area contributed by atoms with Crippen molar-refractivity contribution in [3.05, 3.63) is 60.2 Å². The van der Waals surface area contributed by atoms with Gasteiger partial charge in [0.05, 0.1) is 18.0 Å². The summed E-state index contributed by atoms with van der Waals surface area (Å²) >= 11 is 0. The molecule has 2 aromatic carbocycles. The van der Waals surface area contributed by atoms with Crippen LogP contribution in [-0.2, 0) is 14.8 Å². The van der Waals surface area contributed by atoms with Gasteiger partial charge in [0.2, 0.25) is 15.9 Å². The molecule has 1 atom stereocenters. The third-order valence-corrected chi connectivity index (χ3v) is 7.08. The molecule has 3 rings (SSSR count). The molecule has 1 aliphatic rings. The Hall–Kier alpha value is -2.38. The van der Waals surface area contributed by atoms with Gasteiger partial charge in [0.15, 0.2) is 0 Å². The number of carbonyl (C=O) groups is 1. The number of methoxy groups -OCH3 is 1. The van der Waals surface area contributed by atoms with Crippen molar-refractivity contribution in [3.8, 4) is 5.75 Å². The van der Waals surface area contributed by atoms with Gasteiger partial charge in [-0.1, -0.05) is 36.4 Å². The number of ether oxygens (including phenoxy) is 1. The Morgan fingerprint density at radius 2 is 1.68 bits per heavy atom. The first-order valence-corrected chi connectivity index (χ1v) is 10.9. The van der Waals surface area contributed by atoms with Crippen LogP contribution >= 0.6 is 0 Å². The Kier molecular flexibility index (Phi) is 6.36. The van der Waals surface area contributed by atoms with Gasteiger partial charge in [0, 0.05) is 24.6 Å². The van der Waals surface area contributed by atoms with Crippen molar-refractivity contribution < 1.29 is 17.9 Å². The number of sulfonamides is 1. The molecule has 28 heavy (non-hydrogen) atoms. The van der Waals surface area contributed by atoms with E-state index in [1.54, 1.807) is 37.4 Å². The average Bonchev–Trinajstić information content (AvgIpc) is 2.74. The molecule has 1 aliphatic heterocycles. The minimum absolute atomic E-state index is 0.0461. The molecule has 1 saturated heterocycles. The smallest absolute Gasteiger partial charge is 0.243 e. The van der Waals surface area contributed by atoms with E-state index in [2.05, 4.69) is 5.32 Å². The number of para-hydroxylation sites is 1. The van der Waals surface area contributed by atoms with Gasteiger partial charge in [0.1, 0.15) is 5.75 Å².